The van der Waals surface area contributed by atoms with Gasteiger partial charge in [-0.05, 0) is 37.5 Å². The van der Waals surface area contributed by atoms with E-state index >= 15 is 0 Å². The monoisotopic (exact) mass is 416 g/mol. The molecule has 1 aliphatic rings. The Morgan fingerprint density at radius 1 is 1.21 bits per heavy atom. The zero-order valence-corrected chi connectivity index (χ0v) is 18.2. The molecule has 1 fully saturated rings. The molecule has 1 saturated heterocycles. The van der Waals surface area contributed by atoms with Gasteiger partial charge in [0.1, 0.15) is 15.8 Å². The molecular formula is C20H24N4O2S2. The minimum absolute atomic E-state index is 0.178. The summed E-state index contributed by atoms with van der Waals surface area (Å²) in [6.07, 6.45) is 5.30. The van der Waals surface area contributed by atoms with E-state index in [9.17, 15) is 9.59 Å². The van der Waals surface area contributed by atoms with Crippen LogP contribution < -0.4 is 10.5 Å². The molecule has 1 amide bonds. The van der Waals surface area contributed by atoms with Gasteiger partial charge in [-0.25, -0.2) is 4.98 Å². The maximum absolute atomic E-state index is 13.4. The summed E-state index contributed by atoms with van der Waals surface area (Å²) in [6.45, 7) is 7.71. The number of rotatable bonds is 6. The summed E-state index contributed by atoms with van der Waals surface area (Å²) < 4.78 is 2.04. The molecule has 0 spiro atoms. The molecule has 6 nitrogen and oxygen atoms in total. The zero-order chi connectivity index (χ0) is 20.4. The number of aryl methyl sites for hydroxylation is 1. The van der Waals surface area contributed by atoms with E-state index in [2.05, 4.69) is 18.7 Å². The number of likely N-dealkylation sites (N-methyl/N-ethyl adjacent to an activating group) is 1. The van der Waals surface area contributed by atoms with Gasteiger partial charge < -0.3 is 4.90 Å². The molecule has 148 valence electrons. The van der Waals surface area contributed by atoms with Crippen LogP contribution in [0.4, 0.5) is 5.82 Å². The van der Waals surface area contributed by atoms with E-state index in [4.69, 9.17) is 17.2 Å². The Hall–Kier alpha value is -2.19. The second-order valence-electron chi connectivity index (χ2n) is 6.82. The van der Waals surface area contributed by atoms with E-state index in [1.54, 1.807) is 23.7 Å². The van der Waals surface area contributed by atoms with E-state index in [-0.39, 0.29) is 11.5 Å². The first-order chi connectivity index (χ1) is 13.4. The third-order valence-corrected chi connectivity index (χ3v) is 6.02. The molecule has 2 aromatic rings. The quantitative estimate of drug-likeness (QED) is 0.531. The maximum Gasteiger partial charge on any atom is 0.267 e. The van der Waals surface area contributed by atoms with E-state index in [1.807, 2.05) is 19.1 Å². The number of aromatic nitrogens is 2. The molecule has 0 atom stereocenters. The van der Waals surface area contributed by atoms with Crippen molar-refractivity contribution in [3.8, 4) is 0 Å². The number of pyridine rings is 1. The molecular weight excluding hydrogens is 392 g/mol. The van der Waals surface area contributed by atoms with Crippen LogP contribution in [0.1, 0.15) is 37.8 Å². The van der Waals surface area contributed by atoms with Crippen LogP contribution in [0.5, 0.6) is 0 Å². The highest BCUT2D eigenvalue weighted by molar-refractivity contribution is 8.26. The van der Waals surface area contributed by atoms with Gasteiger partial charge in [-0.2, -0.15) is 0 Å². The molecule has 0 bridgehead atoms. The standard InChI is InChI=1S/C20H24N4O2S2/c1-5-9-23(10-6-2)17-14(11-15-19(26)22(4)20(27)28-15)18(25)24-12-13(3)7-8-16(24)21-17/h7-8,11-12H,5-6,9-10H2,1-4H3. The first-order valence-electron chi connectivity index (χ1n) is 9.36. The Bertz CT molecular complexity index is 1020. The lowest BCUT2D eigenvalue weighted by molar-refractivity contribution is -0.121. The van der Waals surface area contributed by atoms with E-state index in [0.29, 0.717) is 26.3 Å². The Morgan fingerprint density at radius 2 is 1.89 bits per heavy atom. The lowest BCUT2D eigenvalue weighted by Gasteiger charge is -2.24. The van der Waals surface area contributed by atoms with Gasteiger partial charge in [-0.1, -0.05) is 43.9 Å². The van der Waals surface area contributed by atoms with Crippen LogP contribution >= 0.6 is 24.0 Å². The van der Waals surface area contributed by atoms with E-state index in [0.717, 1.165) is 31.5 Å². The van der Waals surface area contributed by atoms with Crippen molar-refractivity contribution in [1.82, 2.24) is 14.3 Å². The second kappa shape index (κ2) is 8.45. The number of nitrogens with zero attached hydrogens (tertiary/aromatic N) is 4. The van der Waals surface area contributed by atoms with Gasteiger partial charge in [-0.3, -0.25) is 18.9 Å². The predicted molar refractivity (Wildman–Crippen MR) is 120 cm³/mol. The number of thioether (sulfide) groups is 1. The third kappa shape index (κ3) is 3.84. The summed E-state index contributed by atoms with van der Waals surface area (Å²) in [7, 11) is 1.65. The first-order valence-corrected chi connectivity index (χ1v) is 10.6. The Labute approximate surface area is 174 Å². The number of hydrogen-bond acceptors (Lipinski definition) is 6. The van der Waals surface area contributed by atoms with E-state index < -0.39 is 0 Å². The molecule has 0 aromatic carbocycles. The van der Waals surface area contributed by atoms with Gasteiger partial charge in [0.25, 0.3) is 11.5 Å². The summed E-state index contributed by atoms with van der Waals surface area (Å²) >= 11 is 6.44. The number of thiocarbonyl (C=S) groups is 1. The summed E-state index contributed by atoms with van der Waals surface area (Å²) in [5, 5.41) is 0. The van der Waals surface area contributed by atoms with Gasteiger partial charge in [0.05, 0.1) is 10.5 Å². The molecule has 0 unspecified atom stereocenters. The van der Waals surface area contributed by atoms with Crippen molar-refractivity contribution in [3.63, 3.8) is 0 Å². The molecule has 0 radical (unpaired) electrons. The van der Waals surface area contributed by atoms with Crippen molar-refractivity contribution in [1.29, 1.82) is 0 Å². The molecule has 8 heteroatoms. The van der Waals surface area contributed by atoms with Crippen molar-refractivity contribution < 1.29 is 4.79 Å². The van der Waals surface area contributed by atoms with Crippen LogP contribution in [0.2, 0.25) is 0 Å². The second-order valence-corrected chi connectivity index (χ2v) is 8.49. The summed E-state index contributed by atoms with van der Waals surface area (Å²) in [5.74, 6) is 0.436. The fourth-order valence-electron chi connectivity index (χ4n) is 3.15. The van der Waals surface area contributed by atoms with Gasteiger partial charge in [-0.15, -0.1) is 0 Å². The topological polar surface area (TPSA) is 57.9 Å². The number of hydrogen-bond donors (Lipinski definition) is 0. The lowest BCUT2D eigenvalue weighted by Crippen LogP contribution is -2.31. The number of fused-ring (bicyclic) bond motifs is 1. The van der Waals surface area contributed by atoms with E-state index in [1.165, 1.54) is 16.7 Å². The molecule has 0 N–H and O–H groups in total. The highest BCUT2D eigenvalue weighted by Gasteiger charge is 2.30. The minimum Gasteiger partial charge on any atom is -0.356 e. The SMILES string of the molecule is CCCN(CCC)c1nc2ccc(C)cn2c(=O)c1C=C1SC(=S)N(C)C1=O. The van der Waals surface area contributed by atoms with Crippen LogP contribution in [-0.2, 0) is 4.79 Å². The normalized spacial score (nSPS) is 15.9. The van der Waals surface area contributed by atoms with Crippen LogP contribution in [0.25, 0.3) is 11.7 Å². The molecule has 3 rings (SSSR count). The highest BCUT2D eigenvalue weighted by Crippen LogP contribution is 2.32. The number of anilines is 1. The number of carbonyl (C=O) groups is 1. The Morgan fingerprint density at radius 3 is 2.46 bits per heavy atom. The van der Waals surface area contributed by atoms with Crippen molar-refractivity contribution >= 4 is 51.7 Å². The molecule has 2 aromatic heterocycles. The zero-order valence-electron chi connectivity index (χ0n) is 16.6. The largest absolute Gasteiger partial charge is 0.356 e. The summed E-state index contributed by atoms with van der Waals surface area (Å²) in [4.78, 5) is 34.6. The van der Waals surface area contributed by atoms with Crippen LogP contribution in [0, 0.1) is 6.92 Å². The summed E-state index contributed by atoms with van der Waals surface area (Å²) in [6, 6.07) is 3.79. The van der Waals surface area contributed by atoms with Crippen molar-refractivity contribution in [2.24, 2.45) is 0 Å². The molecule has 1 aliphatic heterocycles. The smallest absolute Gasteiger partial charge is 0.267 e. The van der Waals surface area contributed by atoms with Crippen LogP contribution in [0.3, 0.4) is 0 Å². The first kappa shape index (κ1) is 20.5. The molecule has 3 heterocycles. The Balaban J connectivity index is 2.27. The third-order valence-electron chi connectivity index (χ3n) is 4.53. The fourth-order valence-corrected chi connectivity index (χ4v) is 4.32. The number of carbonyl (C=O) groups excluding carboxylic acids is 1. The van der Waals surface area contributed by atoms with Gasteiger partial charge in [0.2, 0.25) is 0 Å². The Kier molecular flexibility index (Phi) is 6.20. The maximum atomic E-state index is 13.4. The predicted octanol–water partition coefficient (Wildman–Crippen LogP) is 3.46. The summed E-state index contributed by atoms with van der Waals surface area (Å²) in [5.41, 5.74) is 1.82. The van der Waals surface area contributed by atoms with Crippen LogP contribution in [0.15, 0.2) is 28.0 Å². The van der Waals surface area contributed by atoms with Crippen molar-refractivity contribution in [2.45, 2.75) is 33.6 Å². The number of amides is 1. The van der Waals surface area contributed by atoms with Gasteiger partial charge in [0, 0.05) is 26.3 Å². The fraction of sp³-hybridized carbons (Fsp3) is 0.400. The lowest BCUT2D eigenvalue weighted by atomic mass is 10.2. The van der Waals surface area contributed by atoms with Gasteiger partial charge >= 0.3 is 0 Å². The molecule has 28 heavy (non-hydrogen) atoms. The van der Waals surface area contributed by atoms with Crippen LogP contribution in [-0.4, -0.2) is 44.6 Å². The van der Waals surface area contributed by atoms with Crippen molar-refractivity contribution in [3.05, 3.63) is 44.7 Å². The van der Waals surface area contributed by atoms with Gasteiger partial charge in [0.15, 0.2) is 0 Å². The molecule has 0 saturated carbocycles. The highest BCUT2D eigenvalue weighted by atomic mass is 32.2. The average molecular weight is 417 g/mol. The minimum atomic E-state index is -0.188. The average Bonchev–Trinajstić information content (AvgIpc) is 2.91. The molecule has 0 aliphatic carbocycles. The van der Waals surface area contributed by atoms with Crippen molar-refractivity contribution in [2.75, 3.05) is 25.0 Å².